The van der Waals surface area contributed by atoms with Crippen molar-refractivity contribution in [3.8, 4) is 0 Å². The summed E-state index contributed by atoms with van der Waals surface area (Å²) in [6.45, 7) is 0.589. The molecule has 0 unspecified atom stereocenters. The molecule has 0 radical (unpaired) electrons. The molecule has 3 aromatic carbocycles. The number of carbonyl (C=O) groups excluding carboxylic acids is 2. The van der Waals surface area contributed by atoms with Gasteiger partial charge in [0.15, 0.2) is 0 Å². The number of carbonyl (C=O) groups is 2. The molecule has 0 fully saturated rings. The number of nitrogens with one attached hydrogen (secondary N) is 2. The maximum atomic E-state index is 13.4. The van der Waals surface area contributed by atoms with Crippen molar-refractivity contribution < 1.29 is 14.3 Å². The molecule has 6 heteroatoms. The molecule has 0 aliphatic carbocycles. The summed E-state index contributed by atoms with van der Waals surface area (Å²) in [7, 11) is 1.74. The molecule has 1 atom stereocenters. The molecule has 0 spiro atoms. The third kappa shape index (κ3) is 5.80. The summed E-state index contributed by atoms with van der Waals surface area (Å²) in [6.07, 6.45) is 1.62. The molecule has 4 rings (SSSR count). The predicted molar refractivity (Wildman–Crippen MR) is 128 cm³/mol. The van der Waals surface area contributed by atoms with Crippen molar-refractivity contribution in [2.24, 2.45) is 0 Å². The number of nitrogens with zero attached hydrogens (tertiary/aromatic N) is 1. The number of hydrogen-bond donors (Lipinski definition) is 2. The van der Waals surface area contributed by atoms with Crippen LogP contribution in [0.15, 0.2) is 91.1 Å². The lowest BCUT2D eigenvalue weighted by Gasteiger charge is -2.24. The van der Waals surface area contributed by atoms with Crippen LogP contribution < -0.4 is 5.32 Å². The SMILES string of the molecule is CN(Cc1ccccc1)C(=O)[C@H](Cc1c[nH]c2ccccc12)NC(=O)OCc1ccccc1. The molecule has 0 aliphatic rings. The van der Waals surface area contributed by atoms with Gasteiger partial charge in [0.05, 0.1) is 0 Å². The summed E-state index contributed by atoms with van der Waals surface area (Å²) in [5.74, 6) is -0.180. The average Bonchev–Trinajstić information content (AvgIpc) is 3.26. The molecule has 1 heterocycles. The molecule has 2 amide bonds. The normalized spacial score (nSPS) is 11.7. The largest absolute Gasteiger partial charge is 0.445 e. The minimum atomic E-state index is -0.763. The fraction of sp³-hybridized carbons (Fsp3) is 0.185. The third-order valence-corrected chi connectivity index (χ3v) is 5.54. The summed E-state index contributed by atoms with van der Waals surface area (Å²) in [5, 5.41) is 3.82. The number of benzene rings is 3. The van der Waals surface area contributed by atoms with Gasteiger partial charge in [-0.15, -0.1) is 0 Å². The van der Waals surface area contributed by atoms with Crippen LogP contribution >= 0.6 is 0 Å². The predicted octanol–water partition coefficient (Wildman–Crippen LogP) is 4.66. The zero-order valence-corrected chi connectivity index (χ0v) is 18.5. The van der Waals surface area contributed by atoms with Gasteiger partial charge in [0, 0.05) is 37.1 Å². The monoisotopic (exact) mass is 441 g/mol. The first-order valence-corrected chi connectivity index (χ1v) is 10.9. The second kappa shape index (κ2) is 10.5. The van der Waals surface area contributed by atoms with E-state index in [0.29, 0.717) is 13.0 Å². The first kappa shape index (κ1) is 22.1. The third-order valence-electron chi connectivity index (χ3n) is 5.54. The van der Waals surface area contributed by atoms with Crippen LogP contribution in [0.4, 0.5) is 4.79 Å². The van der Waals surface area contributed by atoms with E-state index in [1.54, 1.807) is 11.9 Å². The van der Waals surface area contributed by atoms with Gasteiger partial charge in [0.2, 0.25) is 5.91 Å². The van der Waals surface area contributed by atoms with Crippen LogP contribution in [0.2, 0.25) is 0 Å². The Balaban J connectivity index is 1.49. The molecular formula is C27H27N3O3. The number of H-pyrrole nitrogens is 1. The number of aromatic amines is 1. The quantitative estimate of drug-likeness (QED) is 0.418. The van der Waals surface area contributed by atoms with E-state index < -0.39 is 12.1 Å². The zero-order valence-electron chi connectivity index (χ0n) is 18.5. The Hall–Kier alpha value is -4.06. The number of alkyl carbamates (subject to hydrolysis) is 1. The van der Waals surface area contributed by atoms with Crippen LogP contribution in [0.25, 0.3) is 10.9 Å². The van der Waals surface area contributed by atoms with Gasteiger partial charge < -0.3 is 19.9 Å². The zero-order chi connectivity index (χ0) is 23.0. The van der Waals surface area contributed by atoms with Crippen molar-refractivity contribution in [1.82, 2.24) is 15.2 Å². The molecule has 6 nitrogen and oxygen atoms in total. The smallest absolute Gasteiger partial charge is 0.408 e. The van der Waals surface area contributed by atoms with Crippen molar-refractivity contribution >= 4 is 22.9 Å². The Morgan fingerprint density at radius 2 is 1.55 bits per heavy atom. The van der Waals surface area contributed by atoms with Gasteiger partial charge in [-0.2, -0.15) is 0 Å². The number of likely N-dealkylation sites (N-methyl/N-ethyl adjacent to an activating group) is 1. The van der Waals surface area contributed by atoms with Crippen molar-refractivity contribution in [3.05, 3.63) is 108 Å². The summed E-state index contributed by atoms with van der Waals surface area (Å²) in [4.78, 5) is 30.8. The van der Waals surface area contributed by atoms with Crippen molar-refractivity contribution in [2.45, 2.75) is 25.6 Å². The maximum absolute atomic E-state index is 13.4. The second-order valence-electron chi connectivity index (χ2n) is 8.00. The van der Waals surface area contributed by atoms with Gasteiger partial charge in [-0.25, -0.2) is 4.79 Å². The maximum Gasteiger partial charge on any atom is 0.408 e. The van der Waals surface area contributed by atoms with Crippen LogP contribution in [0.3, 0.4) is 0 Å². The Bertz CT molecular complexity index is 1210. The minimum Gasteiger partial charge on any atom is -0.445 e. The Kier molecular flexibility index (Phi) is 7.05. The Labute approximate surface area is 193 Å². The number of fused-ring (bicyclic) bond motifs is 1. The highest BCUT2D eigenvalue weighted by Crippen LogP contribution is 2.20. The van der Waals surface area contributed by atoms with Crippen molar-refractivity contribution in [3.63, 3.8) is 0 Å². The Morgan fingerprint density at radius 1 is 0.909 bits per heavy atom. The van der Waals surface area contributed by atoms with Gasteiger partial charge in [-0.05, 0) is 22.8 Å². The number of hydrogen-bond acceptors (Lipinski definition) is 3. The lowest BCUT2D eigenvalue weighted by atomic mass is 10.0. The molecule has 0 saturated heterocycles. The van der Waals surface area contributed by atoms with Crippen LogP contribution in [-0.4, -0.2) is 35.0 Å². The summed E-state index contributed by atoms with van der Waals surface area (Å²) in [6, 6.07) is 26.4. The van der Waals surface area contributed by atoms with E-state index in [4.69, 9.17) is 4.74 Å². The lowest BCUT2D eigenvalue weighted by molar-refractivity contribution is -0.132. The van der Waals surface area contributed by atoms with E-state index in [-0.39, 0.29) is 12.5 Å². The summed E-state index contributed by atoms with van der Waals surface area (Å²) >= 11 is 0. The van der Waals surface area contributed by atoms with Crippen molar-refractivity contribution in [2.75, 3.05) is 7.05 Å². The van der Waals surface area contributed by atoms with Gasteiger partial charge in [-0.1, -0.05) is 78.9 Å². The highest BCUT2D eigenvalue weighted by atomic mass is 16.5. The number of ether oxygens (including phenoxy) is 1. The highest BCUT2D eigenvalue weighted by molar-refractivity contribution is 5.88. The van der Waals surface area contributed by atoms with Crippen LogP contribution in [0.5, 0.6) is 0 Å². The van der Waals surface area contributed by atoms with Gasteiger partial charge in [0.25, 0.3) is 0 Å². The lowest BCUT2D eigenvalue weighted by Crippen LogP contribution is -2.48. The first-order chi connectivity index (χ1) is 16.1. The van der Waals surface area contributed by atoms with Gasteiger partial charge >= 0.3 is 6.09 Å². The molecule has 168 valence electrons. The molecule has 1 aromatic heterocycles. The van der Waals surface area contributed by atoms with Crippen LogP contribution in [0, 0.1) is 0 Å². The number of rotatable bonds is 8. The fourth-order valence-electron chi connectivity index (χ4n) is 3.83. The van der Waals surface area contributed by atoms with E-state index in [0.717, 1.165) is 27.6 Å². The minimum absolute atomic E-state index is 0.139. The topological polar surface area (TPSA) is 74.4 Å². The van der Waals surface area contributed by atoms with Crippen LogP contribution in [-0.2, 0) is 29.1 Å². The second-order valence-corrected chi connectivity index (χ2v) is 8.00. The molecule has 2 N–H and O–H groups in total. The molecule has 0 saturated carbocycles. The summed E-state index contributed by atoms with van der Waals surface area (Å²) < 4.78 is 5.38. The standard InChI is InChI=1S/C27H27N3O3/c1-30(18-20-10-4-2-5-11-20)26(31)25(16-22-17-28-24-15-9-8-14-23(22)24)29-27(32)33-19-21-12-6-3-7-13-21/h2-15,17,25,28H,16,18-19H2,1H3,(H,29,32)/t25-/m0/s1. The highest BCUT2D eigenvalue weighted by Gasteiger charge is 2.26. The van der Waals surface area contributed by atoms with Crippen molar-refractivity contribution in [1.29, 1.82) is 0 Å². The van der Waals surface area contributed by atoms with E-state index in [9.17, 15) is 9.59 Å². The van der Waals surface area contributed by atoms with Crippen LogP contribution in [0.1, 0.15) is 16.7 Å². The number of para-hydroxylation sites is 1. The van der Waals surface area contributed by atoms with E-state index in [2.05, 4.69) is 10.3 Å². The van der Waals surface area contributed by atoms with E-state index in [1.807, 2.05) is 91.1 Å². The Morgan fingerprint density at radius 3 is 2.27 bits per heavy atom. The first-order valence-electron chi connectivity index (χ1n) is 10.9. The molecule has 4 aromatic rings. The molecule has 0 bridgehead atoms. The summed E-state index contributed by atoms with van der Waals surface area (Å²) in [5.41, 5.74) is 3.85. The molecule has 33 heavy (non-hydrogen) atoms. The number of amides is 2. The van der Waals surface area contributed by atoms with Gasteiger partial charge in [-0.3, -0.25) is 4.79 Å². The van der Waals surface area contributed by atoms with E-state index >= 15 is 0 Å². The molecular weight excluding hydrogens is 414 g/mol. The number of aromatic nitrogens is 1. The fourth-order valence-corrected chi connectivity index (χ4v) is 3.83. The average molecular weight is 442 g/mol. The van der Waals surface area contributed by atoms with E-state index in [1.165, 1.54) is 0 Å². The molecule has 0 aliphatic heterocycles. The van der Waals surface area contributed by atoms with Gasteiger partial charge in [0.1, 0.15) is 12.6 Å².